The van der Waals surface area contributed by atoms with Crippen molar-refractivity contribution in [1.29, 1.82) is 0 Å². The van der Waals surface area contributed by atoms with Crippen molar-refractivity contribution in [3.63, 3.8) is 0 Å². The molecule has 2 aromatic heterocycles. The van der Waals surface area contributed by atoms with Crippen molar-refractivity contribution in [3.8, 4) is 16.9 Å². The van der Waals surface area contributed by atoms with Crippen LogP contribution in [0.15, 0.2) is 55.0 Å². The quantitative estimate of drug-likeness (QED) is 0.647. The van der Waals surface area contributed by atoms with Gasteiger partial charge in [-0.25, -0.2) is 4.68 Å². The molecule has 3 rings (SSSR count). The molecule has 90 valence electrons. The monoisotopic (exact) mass is 245 g/mol. The van der Waals surface area contributed by atoms with Crippen LogP contribution < -0.4 is 5.46 Å². The zero-order chi connectivity index (χ0) is 13.2. The highest BCUT2D eigenvalue weighted by Crippen LogP contribution is 2.18. The lowest BCUT2D eigenvalue weighted by atomic mass is 9.90. The van der Waals surface area contributed by atoms with Crippen molar-refractivity contribution < 1.29 is 0 Å². The minimum Gasteiger partial charge on any atom is -0.256 e. The number of benzene rings is 1. The second-order valence-electron chi connectivity index (χ2n) is 4.38. The van der Waals surface area contributed by atoms with Crippen LogP contribution >= 0.6 is 0 Å². The lowest BCUT2D eigenvalue weighted by Gasteiger charge is -2.08. The standard InChI is InChI=1S/C15H12BN3/c1-11-13(16)5-4-7-15(11)19-10-12(9-18-19)14-6-2-3-8-17-14/h2-10H,1H3. The molecule has 0 bridgehead atoms. The molecule has 0 spiro atoms. The molecule has 0 N–H and O–H groups in total. The Kier molecular flexibility index (Phi) is 2.92. The molecular formula is C15H12BN3. The van der Waals surface area contributed by atoms with Crippen LogP contribution in [-0.2, 0) is 0 Å². The first-order valence-electron chi connectivity index (χ1n) is 6.07. The molecular weight excluding hydrogens is 233 g/mol. The molecule has 0 fully saturated rings. The van der Waals surface area contributed by atoms with E-state index in [2.05, 4.69) is 10.1 Å². The Morgan fingerprint density at radius 2 is 2.00 bits per heavy atom. The van der Waals surface area contributed by atoms with Gasteiger partial charge in [0.25, 0.3) is 0 Å². The molecule has 2 heterocycles. The first kappa shape index (κ1) is 11.7. The van der Waals surface area contributed by atoms with Gasteiger partial charge in [0.15, 0.2) is 0 Å². The van der Waals surface area contributed by atoms with Crippen LogP contribution in [0.1, 0.15) is 5.56 Å². The van der Waals surface area contributed by atoms with E-state index >= 15 is 0 Å². The maximum absolute atomic E-state index is 5.92. The van der Waals surface area contributed by atoms with Gasteiger partial charge in [0.1, 0.15) is 7.85 Å². The second-order valence-corrected chi connectivity index (χ2v) is 4.38. The van der Waals surface area contributed by atoms with Crippen LogP contribution in [-0.4, -0.2) is 22.6 Å². The van der Waals surface area contributed by atoms with Crippen LogP contribution in [0.25, 0.3) is 16.9 Å². The lowest BCUT2D eigenvalue weighted by molar-refractivity contribution is 0.874. The molecule has 1 aromatic carbocycles. The van der Waals surface area contributed by atoms with Gasteiger partial charge in [-0.1, -0.05) is 23.7 Å². The first-order chi connectivity index (χ1) is 9.25. The summed E-state index contributed by atoms with van der Waals surface area (Å²) in [5, 5.41) is 4.39. The lowest BCUT2D eigenvalue weighted by Crippen LogP contribution is -2.11. The van der Waals surface area contributed by atoms with Gasteiger partial charge in [-0.2, -0.15) is 5.10 Å². The van der Waals surface area contributed by atoms with Gasteiger partial charge in [-0.3, -0.25) is 4.98 Å². The molecule has 19 heavy (non-hydrogen) atoms. The normalized spacial score (nSPS) is 10.6. The fraction of sp³-hybridized carbons (Fsp3) is 0.0667. The molecule has 0 aliphatic rings. The van der Waals surface area contributed by atoms with Gasteiger partial charge >= 0.3 is 0 Å². The number of nitrogens with zero attached hydrogens (tertiary/aromatic N) is 3. The summed E-state index contributed by atoms with van der Waals surface area (Å²) in [7, 11) is 5.92. The molecule has 0 unspecified atom stereocenters. The summed E-state index contributed by atoms with van der Waals surface area (Å²) >= 11 is 0. The van der Waals surface area contributed by atoms with E-state index in [4.69, 9.17) is 7.85 Å². The van der Waals surface area contributed by atoms with Gasteiger partial charge in [0.2, 0.25) is 0 Å². The largest absolute Gasteiger partial charge is 0.256 e. The maximum atomic E-state index is 5.92. The van der Waals surface area contributed by atoms with E-state index in [0.717, 1.165) is 28.0 Å². The Morgan fingerprint density at radius 1 is 1.11 bits per heavy atom. The number of hydrogen-bond acceptors (Lipinski definition) is 2. The Bertz CT molecular complexity index is 704. The summed E-state index contributed by atoms with van der Waals surface area (Å²) in [6.07, 6.45) is 5.55. The van der Waals surface area contributed by atoms with Crippen molar-refractivity contribution in [1.82, 2.24) is 14.8 Å². The van der Waals surface area contributed by atoms with Crippen molar-refractivity contribution in [2.24, 2.45) is 0 Å². The molecule has 0 saturated carbocycles. The highest BCUT2D eigenvalue weighted by atomic mass is 15.3. The number of rotatable bonds is 2. The third kappa shape index (κ3) is 2.17. The number of aromatic nitrogens is 3. The number of hydrogen-bond donors (Lipinski definition) is 0. The highest BCUT2D eigenvalue weighted by molar-refractivity contribution is 6.33. The van der Waals surface area contributed by atoms with Crippen molar-refractivity contribution in [3.05, 3.63) is 60.6 Å². The Balaban J connectivity index is 2.05. The smallest absolute Gasteiger partial charge is 0.114 e. The van der Waals surface area contributed by atoms with E-state index in [9.17, 15) is 0 Å². The van der Waals surface area contributed by atoms with Gasteiger partial charge in [0.05, 0.1) is 17.6 Å². The molecule has 4 heteroatoms. The zero-order valence-corrected chi connectivity index (χ0v) is 10.6. The summed E-state index contributed by atoms with van der Waals surface area (Å²) in [4.78, 5) is 4.32. The van der Waals surface area contributed by atoms with Crippen LogP contribution in [0.4, 0.5) is 0 Å². The van der Waals surface area contributed by atoms with Gasteiger partial charge in [-0.15, -0.1) is 0 Å². The summed E-state index contributed by atoms with van der Waals surface area (Å²) in [5.41, 5.74) is 4.69. The Hall–Kier alpha value is -2.36. The van der Waals surface area contributed by atoms with Gasteiger partial charge in [0, 0.05) is 18.0 Å². The topological polar surface area (TPSA) is 30.7 Å². The Labute approximate surface area is 113 Å². The molecule has 0 saturated heterocycles. The first-order valence-corrected chi connectivity index (χ1v) is 6.07. The molecule has 0 amide bonds. The van der Waals surface area contributed by atoms with Crippen LogP contribution in [0, 0.1) is 6.92 Å². The molecule has 3 nitrogen and oxygen atoms in total. The van der Waals surface area contributed by atoms with Crippen molar-refractivity contribution >= 4 is 13.3 Å². The van der Waals surface area contributed by atoms with Gasteiger partial charge in [-0.05, 0) is 30.7 Å². The second kappa shape index (κ2) is 4.73. The van der Waals surface area contributed by atoms with Crippen molar-refractivity contribution in [2.45, 2.75) is 6.92 Å². The molecule has 2 radical (unpaired) electrons. The fourth-order valence-electron chi connectivity index (χ4n) is 2.01. The SMILES string of the molecule is [B]c1cccc(-n2cc(-c3ccccn3)cn2)c1C. The number of pyridine rings is 1. The molecule has 0 aliphatic carbocycles. The van der Waals surface area contributed by atoms with Crippen LogP contribution in [0.5, 0.6) is 0 Å². The zero-order valence-electron chi connectivity index (χ0n) is 10.6. The van der Waals surface area contributed by atoms with E-state index in [1.165, 1.54) is 0 Å². The maximum Gasteiger partial charge on any atom is 0.114 e. The third-order valence-electron chi connectivity index (χ3n) is 3.14. The fourth-order valence-corrected chi connectivity index (χ4v) is 2.01. The molecule has 3 aromatic rings. The summed E-state index contributed by atoms with van der Waals surface area (Å²) < 4.78 is 1.83. The highest BCUT2D eigenvalue weighted by Gasteiger charge is 2.06. The van der Waals surface area contributed by atoms with Gasteiger partial charge < -0.3 is 0 Å². The van der Waals surface area contributed by atoms with E-state index < -0.39 is 0 Å². The summed E-state index contributed by atoms with van der Waals surface area (Å²) in [5.74, 6) is 0. The minimum atomic E-state index is 0.771. The predicted octanol–water partition coefficient (Wildman–Crippen LogP) is 2.04. The van der Waals surface area contributed by atoms with Crippen LogP contribution in [0.2, 0.25) is 0 Å². The van der Waals surface area contributed by atoms with E-state index in [-0.39, 0.29) is 0 Å². The predicted molar refractivity (Wildman–Crippen MR) is 76.9 cm³/mol. The van der Waals surface area contributed by atoms with Crippen molar-refractivity contribution in [2.75, 3.05) is 0 Å². The van der Waals surface area contributed by atoms with E-state index in [1.54, 1.807) is 6.20 Å². The molecule has 0 aliphatic heterocycles. The minimum absolute atomic E-state index is 0.771. The third-order valence-corrected chi connectivity index (χ3v) is 3.14. The average Bonchev–Trinajstić information content (AvgIpc) is 2.92. The van der Waals surface area contributed by atoms with E-state index in [1.807, 2.05) is 60.4 Å². The summed E-state index contributed by atoms with van der Waals surface area (Å²) in [6, 6.07) is 11.7. The average molecular weight is 245 g/mol. The van der Waals surface area contributed by atoms with E-state index in [0.29, 0.717) is 0 Å². The Morgan fingerprint density at radius 3 is 2.79 bits per heavy atom. The van der Waals surface area contributed by atoms with Crippen LogP contribution in [0.3, 0.4) is 0 Å². The summed E-state index contributed by atoms with van der Waals surface area (Å²) in [6.45, 7) is 1.99. The molecule has 0 atom stereocenters.